The van der Waals surface area contributed by atoms with E-state index in [9.17, 15) is 4.79 Å². The number of oxazole rings is 1. The molecule has 0 amide bonds. The van der Waals surface area contributed by atoms with E-state index in [1.165, 1.54) is 12.1 Å². The summed E-state index contributed by atoms with van der Waals surface area (Å²) in [6.07, 6.45) is 1.62. The fourth-order valence-corrected chi connectivity index (χ4v) is 2.09. The molecular weight excluding hydrogens is 272 g/mol. The second-order valence-corrected chi connectivity index (χ2v) is 4.58. The molecule has 3 rings (SSSR count). The number of anilines is 1. The molecule has 6 heteroatoms. The molecule has 6 nitrogen and oxygen atoms in total. The molecule has 0 bridgehead atoms. The van der Waals surface area contributed by atoms with Crippen molar-refractivity contribution in [2.24, 2.45) is 0 Å². The van der Waals surface area contributed by atoms with Crippen molar-refractivity contribution >= 4 is 23.1 Å². The van der Waals surface area contributed by atoms with E-state index in [1.807, 2.05) is 24.0 Å². The first-order valence-corrected chi connectivity index (χ1v) is 6.58. The summed E-state index contributed by atoms with van der Waals surface area (Å²) in [5.41, 5.74) is 1.27. The zero-order valence-corrected chi connectivity index (χ0v) is 11.4. The number of furan rings is 1. The lowest BCUT2D eigenvalue weighted by Gasteiger charge is -2.16. The van der Waals surface area contributed by atoms with Gasteiger partial charge in [0.05, 0.1) is 18.4 Å². The van der Waals surface area contributed by atoms with Crippen molar-refractivity contribution in [2.45, 2.75) is 13.5 Å². The number of aromatic nitrogens is 1. The molecule has 0 fully saturated rings. The SMILES string of the molecule is CCN(Cc1ccco1)c1nc2ccc(C(=O)O)cc2o1. The third kappa shape index (κ3) is 2.60. The van der Waals surface area contributed by atoms with Gasteiger partial charge in [0.2, 0.25) is 0 Å². The lowest BCUT2D eigenvalue weighted by molar-refractivity contribution is 0.0697. The topological polar surface area (TPSA) is 79.7 Å². The van der Waals surface area contributed by atoms with Crippen molar-refractivity contribution in [3.05, 3.63) is 47.9 Å². The Hall–Kier alpha value is -2.76. The summed E-state index contributed by atoms with van der Waals surface area (Å²) in [6, 6.07) is 8.80. The first-order valence-electron chi connectivity index (χ1n) is 6.58. The van der Waals surface area contributed by atoms with Crippen LogP contribution < -0.4 is 4.90 Å². The average molecular weight is 286 g/mol. The molecule has 2 heterocycles. The van der Waals surface area contributed by atoms with E-state index in [2.05, 4.69) is 4.98 Å². The molecule has 0 atom stereocenters. The summed E-state index contributed by atoms with van der Waals surface area (Å²) in [4.78, 5) is 17.3. The predicted molar refractivity (Wildman–Crippen MR) is 76.4 cm³/mol. The van der Waals surface area contributed by atoms with E-state index in [4.69, 9.17) is 13.9 Å². The molecule has 1 N–H and O–H groups in total. The van der Waals surface area contributed by atoms with Gasteiger partial charge in [0, 0.05) is 6.54 Å². The van der Waals surface area contributed by atoms with Gasteiger partial charge in [0.1, 0.15) is 11.3 Å². The van der Waals surface area contributed by atoms with Crippen molar-refractivity contribution < 1.29 is 18.7 Å². The number of hydrogen-bond acceptors (Lipinski definition) is 5. The van der Waals surface area contributed by atoms with Crippen LogP contribution >= 0.6 is 0 Å². The minimum Gasteiger partial charge on any atom is -0.478 e. The maximum Gasteiger partial charge on any atom is 0.335 e. The zero-order chi connectivity index (χ0) is 14.8. The Kier molecular flexibility index (Phi) is 3.35. The predicted octanol–water partition coefficient (Wildman–Crippen LogP) is 3.15. The van der Waals surface area contributed by atoms with Crippen LogP contribution in [-0.4, -0.2) is 22.6 Å². The summed E-state index contributed by atoms with van der Waals surface area (Å²) in [5, 5.41) is 8.99. The van der Waals surface area contributed by atoms with Crippen molar-refractivity contribution in [2.75, 3.05) is 11.4 Å². The summed E-state index contributed by atoms with van der Waals surface area (Å²) in [7, 11) is 0. The molecule has 21 heavy (non-hydrogen) atoms. The van der Waals surface area contributed by atoms with Gasteiger partial charge in [-0.05, 0) is 37.3 Å². The molecule has 0 aliphatic rings. The Labute approximate surface area is 120 Å². The first kappa shape index (κ1) is 13.2. The highest BCUT2D eigenvalue weighted by Gasteiger charge is 2.15. The van der Waals surface area contributed by atoms with Crippen LogP contribution in [0.5, 0.6) is 0 Å². The molecule has 1 aromatic carbocycles. The smallest absolute Gasteiger partial charge is 0.335 e. The number of carboxylic acids is 1. The van der Waals surface area contributed by atoms with Gasteiger partial charge in [0.15, 0.2) is 5.58 Å². The van der Waals surface area contributed by atoms with Crippen LogP contribution in [-0.2, 0) is 6.54 Å². The van der Waals surface area contributed by atoms with Gasteiger partial charge >= 0.3 is 5.97 Å². The molecule has 2 aromatic heterocycles. The molecule has 0 saturated carbocycles. The maximum absolute atomic E-state index is 11.0. The molecule has 0 unspecified atom stereocenters. The highest BCUT2D eigenvalue weighted by Crippen LogP contribution is 2.24. The van der Waals surface area contributed by atoms with Gasteiger partial charge in [-0.3, -0.25) is 0 Å². The van der Waals surface area contributed by atoms with E-state index >= 15 is 0 Å². The molecule has 0 spiro atoms. The van der Waals surface area contributed by atoms with Crippen molar-refractivity contribution in [1.82, 2.24) is 4.98 Å². The average Bonchev–Trinajstić information content (AvgIpc) is 3.12. The van der Waals surface area contributed by atoms with Crippen LogP contribution in [0.1, 0.15) is 23.0 Å². The van der Waals surface area contributed by atoms with Crippen molar-refractivity contribution in [3.63, 3.8) is 0 Å². The Morgan fingerprint density at radius 3 is 2.90 bits per heavy atom. The number of nitrogens with zero attached hydrogens (tertiary/aromatic N) is 2. The highest BCUT2D eigenvalue weighted by atomic mass is 16.4. The molecule has 0 radical (unpaired) electrons. The molecule has 3 aromatic rings. The van der Waals surface area contributed by atoms with Crippen LogP contribution in [0.4, 0.5) is 6.01 Å². The number of carbonyl (C=O) groups is 1. The lowest BCUT2D eigenvalue weighted by Crippen LogP contribution is -2.21. The molecular formula is C15H14N2O4. The zero-order valence-electron chi connectivity index (χ0n) is 11.4. The van der Waals surface area contributed by atoms with Gasteiger partial charge in [-0.15, -0.1) is 0 Å². The van der Waals surface area contributed by atoms with E-state index in [-0.39, 0.29) is 5.56 Å². The number of carboxylic acid groups (broad SMARTS) is 1. The highest BCUT2D eigenvalue weighted by molar-refractivity contribution is 5.92. The van der Waals surface area contributed by atoms with E-state index < -0.39 is 5.97 Å². The fourth-order valence-electron chi connectivity index (χ4n) is 2.09. The minimum atomic E-state index is -0.988. The molecule has 0 aliphatic heterocycles. The Balaban J connectivity index is 1.93. The summed E-state index contributed by atoms with van der Waals surface area (Å²) >= 11 is 0. The second-order valence-electron chi connectivity index (χ2n) is 4.58. The molecule has 0 aliphatic carbocycles. The van der Waals surface area contributed by atoms with Crippen LogP contribution in [0.3, 0.4) is 0 Å². The summed E-state index contributed by atoms with van der Waals surface area (Å²) in [5.74, 6) is -0.178. The Morgan fingerprint density at radius 1 is 1.38 bits per heavy atom. The minimum absolute atomic E-state index is 0.180. The number of benzene rings is 1. The maximum atomic E-state index is 11.0. The third-order valence-corrected chi connectivity index (χ3v) is 3.20. The normalized spacial score (nSPS) is 10.9. The standard InChI is InChI=1S/C15H14N2O4/c1-2-17(9-11-4-3-7-20-11)15-16-12-6-5-10(14(18)19)8-13(12)21-15/h3-8H,2,9H2,1H3,(H,18,19). The number of rotatable bonds is 5. The summed E-state index contributed by atoms with van der Waals surface area (Å²) in [6.45, 7) is 3.22. The van der Waals surface area contributed by atoms with Crippen LogP contribution in [0, 0.1) is 0 Å². The largest absolute Gasteiger partial charge is 0.478 e. The lowest BCUT2D eigenvalue weighted by atomic mass is 10.2. The van der Waals surface area contributed by atoms with E-state index in [1.54, 1.807) is 12.3 Å². The van der Waals surface area contributed by atoms with Crippen LogP contribution in [0.15, 0.2) is 45.4 Å². The van der Waals surface area contributed by atoms with Gasteiger partial charge in [-0.2, -0.15) is 4.98 Å². The van der Waals surface area contributed by atoms with Crippen LogP contribution in [0.2, 0.25) is 0 Å². The van der Waals surface area contributed by atoms with Gasteiger partial charge in [-0.25, -0.2) is 4.79 Å². The number of fused-ring (bicyclic) bond motifs is 1. The number of hydrogen-bond donors (Lipinski definition) is 1. The third-order valence-electron chi connectivity index (χ3n) is 3.20. The molecule has 108 valence electrons. The van der Waals surface area contributed by atoms with Gasteiger partial charge in [-0.1, -0.05) is 0 Å². The van der Waals surface area contributed by atoms with Gasteiger partial charge in [0.25, 0.3) is 6.01 Å². The van der Waals surface area contributed by atoms with Crippen molar-refractivity contribution in [1.29, 1.82) is 0 Å². The van der Waals surface area contributed by atoms with E-state index in [0.717, 1.165) is 5.76 Å². The fraction of sp³-hybridized carbons (Fsp3) is 0.200. The van der Waals surface area contributed by atoms with E-state index in [0.29, 0.717) is 30.2 Å². The van der Waals surface area contributed by atoms with Crippen molar-refractivity contribution in [3.8, 4) is 0 Å². The van der Waals surface area contributed by atoms with Gasteiger partial charge < -0.3 is 18.8 Å². The molecule has 0 saturated heterocycles. The summed E-state index contributed by atoms with van der Waals surface area (Å²) < 4.78 is 11.0. The second kappa shape index (κ2) is 5.32. The van der Waals surface area contributed by atoms with Crippen LogP contribution in [0.25, 0.3) is 11.1 Å². The number of aromatic carboxylic acids is 1. The quantitative estimate of drug-likeness (QED) is 0.776. The first-order chi connectivity index (χ1) is 10.2. The Bertz CT molecular complexity index is 761. The Morgan fingerprint density at radius 2 is 2.24 bits per heavy atom. The monoisotopic (exact) mass is 286 g/mol.